The average molecular weight is 457 g/mol. The van der Waals surface area contributed by atoms with E-state index in [9.17, 15) is 4.79 Å². The molecule has 7 nitrogen and oxygen atoms in total. The molecule has 174 valence electrons. The third kappa shape index (κ3) is 6.95. The number of carbonyl (C=O) groups is 1. The molecule has 1 aromatic heterocycles. The number of urea groups is 1. The van der Waals surface area contributed by atoms with Crippen LogP contribution >= 0.6 is 0 Å². The van der Waals surface area contributed by atoms with Gasteiger partial charge in [0.2, 0.25) is 0 Å². The lowest BCUT2D eigenvalue weighted by atomic mass is 10.1. The van der Waals surface area contributed by atoms with Crippen molar-refractivity contribution in [1.29, 1.82) is 0 Å². The molecule has 0 unspecified atom stereocenters. The fraction of sp³-hybridized carbons (Fsp3) is 0.185. The van der Waals surface area contributed by atoms with Gasteiger partial charge in [0, 0.05) is 24.6 Å². The molecule has 0 bridgehead atoms. The van der Waals surface area contributed by atoms with Gasteiger partial charge in [0.25, 0.3) is 0 Å². The van der Waals surface area contributed by atoms with Crippen LogP contribution in [-0.2, 0) is 31.0 Å². The van der Waals surface area contributed by atoms with E-state index in [-0.39, 0.29) is 6.03 Å². The van der Waals surface area contributed by atoms with Crippen molar-refractivity contribution in [2.45, 2.75) is 26.3 Å². The van der Waals surface area contributed by atoms with E-state index >= 15 is 0 Å². The molecular weight excluding hydrogens is 428 g/mol. The zero-order chi connectivity index (χ0) is 23.6. The van der Waals surface area contributed by atoms with Crippen LogP contribution in [0.5, 0.6) is 5.75 Å². The highest BCUT2D eigenvalue weighted by molar-refractivity contribution is 5.89. The number of hydrogen-bond donors (Lipinski definition) is 2. The van der Waals surface area contributed by atoms with Crippen molar-refractivity contribution in [3.63, 3.8) is 0 Å². The maximum Gasteiger partial charge on any atom is 0.319 e. The number of rotatable bonds is 10. The fourth-order valence-electron chi connectivity index (χ4n) is 3.45. The van der Waals surface area contributed by atoms with Crippen LogP contribution in [0.25, 0.3) is 0 Å². The summed E-state index contributed by atoms with van der Waals surface area (Å²) in [4.78, 5) is 12.4. The van der Waals surface area contributed by atoms with Gasteiger partial charge >= 0.3 is 6.03 Å². The topological polar surface area (TPSA) is 77.4 Å². The molecule has 4 rings (SSSR count). The number of aromatic nitrogens is 2. The Kier molecular flexibility index (Phi) is 7.92. The molecule has 0 fully saturated rings. The Morgan fingerprint density at radius 2 is 1.62 bits per heavy atom. The largest absolute Gasteiger partial charge is 0.497 e. The van der Waals surface area contributed by atoms with Crippen molar-refractivity contribution in [3.8, 4) is 5.75 Å². The molecule has 0 aliphatic rings. The van der Waals surface area contributed by atoms with E-state index in [0.717, 1.165) is 40.2 Å². The minimum atomic E-state index is -0.253. The minimum Gasteiger partial charge on any atom is -0.497 e. The molecule has 2 amide bonds. The van der Waals surface area contributed by atoms with Crippen molar-refractivity contribution >= 4 is 11.7 Å². The first-order chi connectivity index (χ1) is 16.7. The molecule has 0 radical (unpaired) electrons. The Morgan fingerprint density at radius 1 is 0.882 bits per heavy atom. The van der Waals surface area contributed by atoms with Gasteiger partial charge in [-0.2, -0.15) is 5.10 Å². The van der Waals surface area contributed by atoms with E-state index in [1.807, 2.05) is 89.7 Å². The highest BCUT2D eigenvalue weighted by atomic mass is 16.5. The van der Waals surface area contributed by atoms with Crippen LogP contribution in [0.1, 0.15) is 22.3 Å². The number of nitrogens with zero attached hydrogens (tertiary/aromatic N) is 2. The predicted octanol–water partition coefficient (Wildman–Crippen LogP) is 4.98. The normalized spacial score (nSPS) is 10.6. The molecule has 3 aromatic carbocycles. The monoisotopic (exact) mass is 456 g/mol. The number of nitrogens with one attached hydrogen (secondary N) is 2. The summed E-state index contributed by atoms with van der Waals surface area (Å²) in [6.45, 7) is 2.12. The zero-order valence-corrected chi connectivity index (χ0v) is 19.1. The van der Waals surface area contributed by atoms with E-state index in [0.29, 0.717) is 19.8 Å². The number of carbonyl (C=O) groups excluding carboxylic acids is 1. The van der Waals surface area contributed by atoms with Gasteiger partial charge in [0.05, 0.1) is 26.9 Å². The molecular formula is C27H28N4O3. The highest BCUT2D eigenvalue weighted by Crippen LogP contribution is 2.15. The smallest absolute Gasteiger partial charge is 0.319 e. The van der Waals surface area contributed by atoms with Crippen LogP contribution < -0.4 is 15.4 Å². The number of benzene rings is 3. The van der Waals surface area contributed by atoms with Crippen molar-refractivity contribution < 1.29 is 14.3 Å². The average Bonchev–Trinajstić information content (AvgIpc) is 3.37. The standard InChI is InChI=1S/C27H28N4O3/c1-33-26-12-10-23(11-13-26)19-34-20-24-4-2-5-25(16-24)30-27(32)28-17-21-6-8-22(9-7-21)18-31-15-3-14-29-31/h2-16H,17-20H2,1H3,(H2,28,30,32). The molecule has 0 saturated carbocycles. The van der Waals surface area contributed by atoms with Gasteiger partial charge in [-0.15, -0.1) is 0 Å². The third-order valence-electron chi connectivity index (χ3n) is 5.26. The van der Waals surface area contributed by atoms with E-state index < -0.39 is 0 Å². The summed E-state index contributed by atoms with van der Waals surface area (Å²) in [5.41, 5.74) is 4.96. The molecule has 7 heteroatoms. The van der Waals surface area contributed by atoms with Crippen LogP contribution in [0.15, 0.2) is 91.3 Å². The highest BCUT2D eigenvalue weighted by Gasteiger charge is 2.04. The second kappa shape index (κ2) is 11.7. The molecule has 4 aromatic rings. The molecule has 0 atom stereocenters. The summed E-state index contributed by atoms with van der Waals surface area (Å²) >= 11 is 0. The fourth-order valence-corrected chi connectivity index (χ4v) is 3.45. The number of ether oxygens (including phenoxy) is 2. The van der Waals surface area contributed by atoms with E-state index in [4.69, 9.17) is 9.47 Å². The van der Waals surface area contributed by atoms with Crippen molar-refractivity contribution in [2.75, 3.05) is 12.4 Å². The second-order valence-corrected chi connectivity index (χ2v) is 7.87. The Morgan fingerprint density at radius 3 is 2.35 bits per heavy atom. The molecule has 1 heterocycles. The molecule has 0 saturated heterocycles. The van der Waals surface area contributed by atoms with Crippen molar-refractivity contribution in [1.82, 2.24) is 15.1 Å². The van der Waals surface area contributed by atoms with Crippen LogP contribution in [0.4, 0.5) is 10.5 Å². The van der Waals surface area contributed by atoms with Gasteiger partial charge in [-0.05, 0) is 52.6 Å². The predicted molar refractivity (Wildman–Crippen MR) is 132 cm³/mol. The van der Waals surface area contributed by atoms with E-state index in [1.165, 1.54) is 0 Å². The van der Waals surface area contributed by atoms with Gasteiger partial charge in [-0.1, -0.05) is 48.5 Å². The summed E-state index contributed by atoms with van der Waals surface area (Å²) in [6.07, 6.45) is 3.70. The van der Waals surface area contributed by atoms with E-state index in [1.54, 1.807) is 13.3 Å². The van der Waals surface area contributed by atoms with Crippen LogP contribution in [0, 0.1) is 0 Å². The molecule has 2 N–H and O–H groups in total. The number of methoxy groups -OCH3 is 1. The van der Waals surface area contributed by atoms with Gasteiger partial charge in [-0.3, -0.25) is 4.68 Å². The maximum absolute atomic E-state index is 12.4. The quantitative estimate of drug-likeness (QED) is 0.353. The number of amides is 2. The van der Waals surface area contributed by atoms with Gasteiger partial charge in [-0.25, -0.2) is 4.79 Å². The van der Waals surface area contributed by atoms with Gasteiger partial charge < -0.3 is 20.1 Å². The first-order valence-corrected chi connectivity index (χ1v) is 11.1. The lowest BCUT2D eigenvalue weighted by Crippen LogP contribution is -2.28. The van der Waals surface area contributed by atoms with Crippen LogP contribution in [0.3, 0.4) is 0 Å². The summed E-state index contributed by atoms with van der Waals surface area (Å²) in [5, 5.41) is 10.00. The Labute approximate surface area is 199 Å². The van der Waals surface area contributed by atoms with Crippen LogP contribution in [-0.4, -0.2) is 22.9 Å². The van der Waals surface area contributed by atoms with Crippen molar-refractivity contribution in [2.24, 2.45) is 0 Å². The summed E-state index contributed by atoms with van der Waals surface area (Å²) < 4.78 is 12.9. The summed E-state index contributed by atoms with van der Waals surface area (Å²) in [6, 6.07) is 25.2. The minimum absolute atomic E-state index is 0.253. The maximum atomic E-state index is 12.4. The Hall–Kier alpha value is -4.10. The third-order valence-corrected chi connectivity index (χ3v) is 5.26. The lowest BCUT2D eigenvalue weighted by molar-refractivity contribution is 0.107. The number of hydrogen-bond acceptors (Lipinski definition) is 4. The zero-order valence-electron chi connectivity index (χ0n) is 19.1. The SMILES string of the molecule is COc1ccc(COCc2cccc(NC(=O)NCc3ccc(Cn4cccn4)cc3)c2)cc1. The molecule has 34 heavy (non-hydrogen) atoms. The van der Waals surface area contributed by atoms with Gasteiger partial charge in [0.15, 0.2) is 0 Å². The molecule has 0 aliphatic heterocycles. The molecule has 0 spiro atoms. The first-order valence-electron chi connectivity index (χ1n) is 11.1. The lowest BCUT2D eigenvalue weighted by Gasteiger charge is -2.10. The van der Waals surface area contributed by atoms with Crippen LogP contribution in [0.2, 0.25) is 0 Å². The number of anilines is 1. The second-order valence-electron chi connectivity index (χ2n) is 7.87. The summed E-state index contributed by atoms with van der Waals surface area (Å²) in [7, 11) is 1.65. The first kappa shape index (κ1) is 23.1. The Bertz CT molecular complexity index is 1170. The van der Waals surface area contributed by atoms with Gasteiger partial charge in [0.1, 0.15) is 5.75 Å². The Balaban J connectivity index is 1.21. The molecule has 0 aliphatic carbocycles. The summed E-state index contributed by atoms with van der Waals surface area (Å²) in [5.74, 6) is 0.822. The van der Waals surface area contributed by atoms with E-state index in [2.05, 4.69) is 15.7 Å². The van der Waals surface area contributed by atoms with Crippen molar-refractivity contribution in [3.05, 3.63) is 114 Å².